The molecule has 8 heteroatoms. The largest absolute Gasteiger partial charge is 0.462 e. The van der Waals surface area contributed by atoms with Crippen LogP contribution in [0.1, 0.15) is 35.8 Å². The molecular formula is C17H17F2NO4S. The number of rotatable bonds is 6. The van der Waals surface area contributed by atoms with Crippen LogP contribution < -0.4 is 4.72 Å². The molecule has 0 aliphatic heterocycles. The van der Waals surface area contributed by atoms with E-state index in [0.29, 0.717) is 0 Å². The summed E-state index contributed by atoms with van der Waals surface area (Å²) in [6.45, 7) is 3.39. The first-order chi connectivity index (χ1) is 11.7. The highest BCUT2D eigenvalue weighted by atomic mass is 32.2. The summed E-state index contributed by atoms with van der Waals surface area (Å²) in [4.78, 5) is 11.5. The number of carbonyl (C=O) groups excluding carboxylic acids is 1. The van der Waals surface area contributed by atoms with Gasteiger partial charge in [0, 0.05) is 6.04 Å². The molecule has 134 valence electrons. The van der Waals surface area contributed by atoms with Gasteiger partial charge in [0.15, 0.2) is 11.6 Å². The first-order valence-electron chi connectivity index (χ1n) is 7.49. The second kappa shape index (κ2) is 7.71. The van der Waals surface area contributed by atoms with Crippen molar-refractivity contribution in [2.24, 2.45) is 0 Å². The predicted octanol–water partition coefficient (Wildman–Crippen LogP) is 3.18. The molecule has 0 aromatic heterocycles. The fourth-order valence-electron chi connectivity index (χ4n) is 2.14. The van der Waals surface area contributed by atoms with Gasteiger partial charge in [-0.1, -0.05) is 6.07 Å². The number of hydrogen-bond donors (Lipinski definition) is 1. The lowest BCUT2D eigenvalue weighted by Crippen LogP contribution is -2.27. The molecule has 0 unspecified atom stereocenters. The molecule has 1 N–H and O–H groups in total. The topological polar surface area (TPSA) is 72.5 Å². The van der Waals surface area contributed by atoms with Gasteiger partial charge in [0.2, 0.25) is 10.0 Å². The standard InChI is InChI=1S/C17H17F2NO4S/c1-3-24-17(21)12-4-7-14(8-5-12)25(22,23)20-11(2)13-6-9-15(18)16(19)10-13/h4-11,20H,3H2,1-2H3/t11-/m1/s1. The van der Waals surface area contributed by atoms with Crippen LogP contribution in [0.4, 0.5) is 8.78 Å². The van der Waals surface area contributed by atoms with Gasteiger partial charge in [0.05, 0.1) is 17.1 Å². The molecule has 1 atom stereocenters. The number of carbonyl (C=O) groups is 1. The minimum Gasteiger partial charge on any atom is -0.462 e. The van der Waals surface area contributed by atoms with Crippen molar-refractivity contribution in [3.63, 3.8) is 0 Å². The Morgan fingerprint density at radius 2 is 1.76 bits per heavy atom. The number of sulfonamides is 1. The highest BCUT2D eigenvalue weighted by Crippen LogP contribution is 2.19. The van der Waals surface area contributed by atoms with Crippen LogP contribution in [0.5, 0.6) is 0 Å². The summed E-state index contributed by atoms with van der Waals surface area (Å²) in [7, 11) is -3.90. The average Bonchev–Trinajstić information content (AvgIpc) is 2.57. The van der Waals surface area contributed by atoms with Crippen LogP contribution in [0.3, 0.4) is 0 Å². The molecule has 0 radical (unpaired) electrons. The van der Waals surface area contributed by atoms with Gasteiger partial charge in [0.25, 0.3) is 0 Å². The first-order valence-corrected chi connectivity index (χ1v) is 8.97. The number of ether oxygens (including phenoxy) is 1. The Morgan fingerprint density at radius 3 is 2.32 bits per heavy atom. The predicted molar refractivity (Wildman–Crippen MR) is 87.5 cm³/mol. The van der Waals surface area contributed by atoms with E-state index in [9.17, 15) is 22.0 Å². The van der Waals surface area contributed by atoms with E-state index in [1.165, 1.54) is 37.3 Å². The van der Waals surface area contributed by atoms with Crippen molar-refractivity contribution in [2.45, 2.75) is 24.8 Å². The number of nitrogens with one attached hydrogen (secondary N) is 1. The Labute approximate surface area is 144 Å². The molecule has 0 aliphatic rings. The molecule has 0 amide bonds. The van der Waals surface area contributed by atoms with Crippen molar-refractivity contribution in [2.75, 3.05) is 6.61 Å². The van der Waals surface area contributed by atoms with Crippen molar-refractivity contribution >= 4 is 16.0 Å². The second-order valence-electron chi connectivity index (χ2n) is 5.26. The Balaban J connectivity index is 2.17. The molecule has 0 saturated heterocycles. The van der Waals surface area contributed by atoms with Gasteiger partial charge in [0.1, 0.15) is 0 Å². The second-order valence-corrected chi connectivity index (χ2v) is 6.98. The monoisotopic (exact) mass is 369 g/mol. The van der Waals surface area contributed by atoms with E-state index in [1.54, 1.807) is 6.92 Å². The van der Waals surface area contributed by atoms with Crippen LogP contribution in [-0.4, -0.2) is 21.0 Å². The molecule has 0 aliphatic carbocycles. The summed E-state index contributed by atoms with van der Waals surface area (Å²) in [5.41, 5.74) is 0.514. The van der Waals surface area contributed by atoms with Gasteiger partial charge in [-0.25, -0.2) is 26.7 Å². The molecule has 25 heavy (non-hydrogen) atoms. The van der Waals surface area contributed by atoms with Gasteiger partial charge in [-0.05, 0) is 55.8 Å². The third kappa shape index (κ3) is 4.61. The van der Waals surface area contributed by atoms with Crippen molar-refractivity contribution in [1.82, 2.24) is 4.72 Å². The lowest BCUT2D eigenvalue weighted by atomic mass is 10.1. The van der Waals surface area contributed by atoms with E-state index in [-0.39, 0.29) is 22.6 Å². The van der Waals surface area contributed by atoms with E-state index in [0.717, 1.165) is 12.1 Å². The van der Waals surface area contributed by atoms with Gasteiger partial charge in [-0.2, -0.15) is 0 Å². The third-order valence-electron chi connectivity index (χ3n) is 3.45. The molecule has 0 heterocycles. The van der Waals surface area contributed by atoms with E-state index in [4.69, 9.17) is 4.74 Å². The first kappa shape index (κ1) is 19.0. The number of benzene rings is 2. The summed E-state index contributed by atoms with van der Waals surface area (Å²) < 4.78 is 58.2. The van der Waals surface area contributed by atoms with Crippen molar-refractivity contribution in [3.8, 4) is 0 Å². The molecule has 0 fully saturated rings. The van der Waals surface area contributed by atoms with Crippen molar-refractivity contribution in [1.29, 1.82) is 0 Å². The fraction of sp³-hybridized carbons (Fsp3) is 0.235. The Bertz CT molecular complexity index is 867. The summed E-state index contributed by atoms with van der Waals surface area (Å²) >= 11 is 0. The third-order valence-corrected chi connectivity index (χ3v) is 5.01. The smallest absolute Gasteiger partial charge is 0.338 e. The fourth-order valence-corrected chi connectivity index (χ4v) is 3.37. The normalized spacial score (nSPS) is 12.6. The van der Waals surface area contributed by atoms with E-state index in [1.807, 2.05) is 0 Å². The highest BCUT2D eigenvalue weighted by molar-refractivity contribution is 7.89. The van der Waals surface area contributed by atoms with Crippen LogP contribution >= 0.6 is 0 Å². The van der Waals surface area contributed by atoms with E-state index < -0.39 is 33.7 Å². The Hall–Kier alpha value is -2.32. The molecular weight excluding hydrogens is 352 g/mol. The van der Waals surface area contributed by atoms with Gasteiger partial charge < -0.3 is 4.74 Å². The summed E-state index contributed by atoms with van der Waals surface area (Å²) in [6, 6.07) is 7.62. The quantitative estimate of drug-likeness (QED) is 0.794. The molecule has 0 bridgehead atoms. The molecule has 2 aromatic rings. The highest BCUT2D eigenvalue weighted by Gasteiger charge is 2.20. The molecule has 0 spiro atoms. The SMILES string of the molecule is CCOC(=O)c1ccc(S(=O)(=O)N[C@H](C)c2ccc(F)c(F)c2)cc1. The van der Waals surface area contributed by atoms with E-state index in [2.05, 4.69) is 4.72 Å². The summed E-state index contributed by atoms with van der Waals surface area (Å²) in [6.07, 6.45) is 0. The molecule has 5 nitrogen and oxygen atoms in total. The lowest BCUT2D eigenvalue weighted by molar-refractivity contribution is 0.0526. The number of hydrogen-bond acceptors (Lipinski definition) is 4. The minimum atomic E-state index is -3.90. The zero-order valence-electron chi connectivity index (χ0n) is 13.6. The number of halogens is 2. The number of esters is 1. The van der Waals surface area contributed by atoms with Crippen LogP contribution in [0, 0.1) is 11.6 Å². The zero-order chi connectivity index (χ0) is 18.6. The average molecular weight is 369 g/mol. The molecule has 2 rings (SSSR count). The summed E-state index contributed by atoms with van der Waals surface area (Å²) in [5.74, 6) is -2.61. The van der Waals surface area contributed by atoms with Crippen molar-refractivity contribution < 1.29 is 26.7 Å². The van der Waals surface area contributed by atoms with Gasteiger partial charge >= 0.3 is 5.97 Å². The van der Waals surface area contributed by atoms with Crippen LogP contribution in [0.15, 0.2) is 47.4 Å². The maximum Gasteiger partial charge on any atom is 0.338 e. The van der Waals surface area contributed by atoms with Crippen molar-refractivity contribution in [3.05, 3.63) is 65.2 Å². The zero-order valence-corrected chi connectivity index (χ0v) is 14.4. The maximum atomic E-state index is 13.3. The molecule has 0 saturated carbocycles. The lowest BCUT2D eigenvalue weighted by Gasteiger charge is -2.15. The Kier molecular flexibility index (Phi) is 5.86. The summed E-state index contributed by atoms with van der Waals surface area (Å²) in [5, 5.41) is 0. The maximum absolute atomic E-state index is 13.3. The van der Waals surface area contributed by atoms with Crippen LogP contribution in [0.25, 0.3) is 0 Å². The minimum absolute atomic E-state index is 0.0602. The van der Waals surface area contributed by atoms with Crippen LogP contribution in [-0.2, 0) is 14.8 Å². The van der Waals surface area contributed by atoms with Gasteiger partial charge in [-0.15, -0.1) is 0 Å². The van der Waals surface area contributed by atoms with Gasteiger partial charge in [-0.3, -0.25) is 0 Å². The molecule has 2 aromatic carbocycles. The van der Waals surface area contributed by atoms with Crippen LogP contribution in [0.2, 0.25) is 0 Å². The Morgan fingerprint density at radius 1 is 1.12 bits per heavy atom. The van der Waals surface area contributed by atoms with E-state index >= 15 is 0 Å².